The smallest absolute Gasteiger partial charge is 0.306 e. The highest BCUT2D eigenvalue weighted by Crippen LogP contribution is 2.55. The third kappa shape index (κ3) is 17.4. The molecule has 1 aliphatic rings. The van der Waals surface area contributed by atoms with Crippen LogP contribution in [0.15, 0.2) is 84.9 Å². The SMILES string of the molecule is COCCOCCCC1(CCCOCCOC)c2cc(-c3ccc(OCCCCCC(=O)OC(C)(C)C)cc3)ccc2-c2ccc(-c3ccc(OCCCCCC(=O)OC(C)(C)C)cc3)cc21. The van der Waals surface area contributed by atoms with E-state index in [1.54, 1.807) is 14.2 Å². The lowest BCUT2D eigenvalue weighted by Crippen LogP contribution is -2.27. The van der Waals surface area contributed by atoms with Gasteiger partial charge in [-0.2, -0.15) is 0 Å². The van der Waals surface area contributed by atoms with Crippen LogP contribution < -0.4 is 9.47 Å². The van der Waals surface area contributed by atoms with Crippen LogP contribution >= 0.6 is 0 Å². The summed E-state index contributed by atoms with van der Waals surface area (Å²) in [5.74, 6) is 1.37. The summed E-state index contributed by atoms with van der Waals surface area (Å²) in [6.07, 6.45) is 9.59. The van der Waals surface area contributed by atoms with E-state index in [1.165, 1.54) is 22.3 Å². The third-order valence-corrected chi connectivity index (χ3v) is 11.8. The summed E-state index contributed by atoms with van der Waals surface area (Å²) in [6, 6.07) is 30.7. The molecule has 10 heteroatoms. The van der Waals surface area contributed by atoms with Gasteiger partial charge in [0.25, 0.3) is 0 Å². The first-order chi connectivity index (χ1) is 32.2. The second-order valence-corrected chi connectivity index (χ2v) is 19.6. The number of benzene rings is 4. The second kappa shape index (κ2) is 26.7. The summed E-state index contributed by atoms with van der Waals surface area (Å²) in [6.45, 7) is 16.1. The van der Waals surface area contributed by atoms with Crippen molar-refractivity contribution in [1.82, 2.24) is 0 Å². The van der Waals surface area contributed by atoms with Gasteiger partial charge in [-0.1, -0.05) is 48.5 Å². The van der Waals surface area contributed by atoms with Crippen LogP contribution in [0.4, 0.5) is 0 Å². The van der Waals surface area contributed by atoms with Crippen LogP contribution in [0.5, 0.6) is 11.5 Å². The predicted octanol–water partition coefficient (Wildman–Crippen LogP) is 12.7. The summed E-state index contributed by atoms with van der Waals surface area (Å²) in [7, 11) is 3.40. The van der Waals surface area contributed by atoms with Crippen molar-refractivity contribution in [2.75, 3.05) is 67.1 Å². The molecule has 0 atom stereocenters. The molecule has 4 aromatic carbocycles. The number of ether oxygens (including phenoxy) is 8. The van der Waals surface area contributed by atoms with E-state index in [9.17, 15) is 9.59 Å². The minimum absolute atomic E-state index is 0.147. The summed E-state index contributed by atoms with van der Waals surface area (Å²) < 4.78 is 45.7. The maximum absolute atomic E-state index is 12.1. The number of carbonyl (C=O) groups excluding carboxylic acids is 2. The molecule has 0 aliphatic heterocycles. The molecular weight excluding hydrogens is 845 g/mol. The lowest BCUT2D eigenvalue weighted by atomic mass is 9.70. The molecule has 4 aromatic rings. The summed E-state index contributed by atoms with van der Waals surface area (Å²) in [5.41, 5.74) is 8.63. The van der Waals surface area contributed by atoms with Crippen LogP contribution in [-0.2, 0) is 43.4 Å². The molecule has 0 aromatic heterocycles. The van der Waals surface area contributed by atoms with Crippen molar-refractivity contribution in [2.45, 2.75) is 135 Å². The first kappa shape index (κ1) is 53.2. The van der Waals surface area contributed by atoms with Gasteiger partial charge >= 0.3 is 11.9 Å². The molecule has 10 nitrogen and oxygen atoms in total. The van der Waals surface area contributed by atoms with Gasteiger partial charge in [0.2, 0.25) is 0 Å². The number of hydrogen-bond acceptors (Lipinski definition) is 10. The van der Waals surface area contributed by atoms with Gasteiger partial charge in [0.1, 0.15) is 22.7 Å². The first-order valence-electron chi connectivity index (χ1n) is 24.5. The first-order valence-corrected chi connectivity index (χ1v) is 24.5. The van der Waals surface area contributed by atoms with Gasteiger partial charge in [-0.15, -0.1) is 0 Å². The average molecular weight is 923 g/mol. The van der Waals surface area contributed by atoms with E-state index < -0.39 is 11.2 Å². The molecule has 0 fully saturated rings. The Balaban J connectivity index is 1.32. The highest BCUT2D eigenvalue weighted by Gasteiger charge is 2.43. The van der Waals surface area contributed by atoms with E-state index in [2.05, 4.69) is 84.9 Å². The van der Waals surface area contributed by atoms with Crippen molar-refractivity contribution in [2.24, 2.45) is 0 Å². The summed E-state index contributed by atoms with van der Waals surface area (Å²) in [5, 5.41) is 0. The molecule has 0 unspecified atom stereocenters. The molecule has 0 bridgehead atoms. The van der Waals surface area contributed by atoms with E-state index in [0.717, 1.165) is 98.0 Å². The molecular formula is C57H78O10. The van der Waals surface area contributed by atoms with Crippen molar-refractivity contribution < 1.29 is 47.5 Å². The minimum Gasteiger partial charge on any atom is -0.494 e. The Morgan fingerprint density at radius 2 is 0.821 bits per heavy atom. The lowest BCUT2D eigenvalue weighted by Gasteiger charge is -2.33. The number of rotatable bonds is 30. The van der Waals surface area contributed by atoms with E-state index in [1.807, 2.05) is 41.5 Å². The number of carbonyl (C=O) groups is 2. The molecule has 0 saturated carbocycles. The Morgan fingerprint density at radius 3 is 1.19 bits per heavy atom. The third-order valence-electron chi connectivity index (χ3n) is 11.8. The van der Waals surface area contributed by atoms with Crippen molar-refractivity contribution in [3.05, 3.63) is 96.1 Å². The highest BCUT2D eigenvalue weighted by atomic mass is 16.6. The number of fused-ring (bicyclic) bond motifs is 3. The molecule has 0 radical (unpaired) electrons. The van der Waals surface area contributed by atoms with Gasteiger partial charge < -0.3 is 37.9 Å². The van der Waals surface area contributed by atoms with Crippen molar-refractivity contribution in [1.29, 1.82) is 0 Å². The maximum Gasteiger partial charge on any atom is 0.306 e. The van der Waals surface area contributed by atoms with Crippen LogP contribution in [0.1, 0.15) is 130 Å². The minimum atomic E-state index is -0.453. The second-order valence-electron chi connectivity index (χ2n) is 19.6. The molecule has 0 spiro atoms. The molecule has 0 N–H and O–H groups in total. The van der Waals surface area contributed by atoms with Gasteiger partial charge in [-0.25, -0.2) is 0 Å². The predicted molar refractivity (Wildman–Crippen MR) is 267 cm³/mol. The molecule has 366 valence electrons. The van der Waals surface area contributed by atoms with E-state index in [0.29, 0.717) is 65.7 Å². The van der Waals surface area contributed by atoms with Gasteiger partial charge in [-0.3, -0.25) is 9.59 Å². The Labute approximate surface area is 401 Å². The maximum atomic E-state index is 12.1. The Bertz CT molecular complexity index is 1940. The van der Waals surface area contributed by atoms with Crippen LogP contribution in [0.2, 0.25) is 0 Å². The van der Waals surface area contributed by atoms with Crippen molar-refractivity contribution in [3.63, 3.8) is 0 Å². The van der Waals surface area contributed by atoms with E-state index >= 15 is 0 Å². The summed E-state index contributed by atoms with van der Waals surface area (Å²) >= 11 is 0. The van der Waals surface area contributed by atoms with Crippen LogP contribution in [0.25, 0.3) is 33.4 Å². The van der Waals surface area contributed by atoms with E-state index in [-0.39, 0.29) is 17.4 Å². The van der Waals surface area contributed by atoms with Crippen LogP contribution in [0.3, 0.4) is 0 Å². The zero-order chi connectivity index (χ0) is 48.1. The summed E-state index contributed by atoms with van der Waals surface area (Å²) in [4.78, 5) is 24.1. The molecule has 67 heavy (non-hydrogen) atoms. The number of esters is 2. The van der Waals surface area contributed by atoms with Crippen molar-refractivity contribution in [3.8, 4) is 44.9 Å². The van der Waals surface area contributed by atoms with Crippen LogP contribution in [0, 0.1) is 0 Å². The van der Waals surface area contributed by atoms with Gasteiger partial charge in [0.15, 0.2) is 0 Å². The molecule has 5 rings (SSSR count). The number of hydrogen-bond donors (Lipinski definition) is 0. The molecule has 0 amide bonds. The zero-order valence-electron chi connectivity index (χ0n) is 41.8. The van der Waals surface area contributed by atoms with Gasteiger partial charge in [0.05, 0.1) is 39.6 Å². The Kier molecular flexibility index (Phi) is 21.2. The van der Waals surface area contributed by atoms with Gasteiger partial charge in [-0.05, 0) is 187 Å². The van der Waals surface area contributed by atoms with Crippen molar-refractivity contribution >= 4 is 11.9 Å². The zero-order valence-corrected chi connectivity index (χ0v) is 41.8. The quantitative estimate of drug-likeness (QED) is 0.0370. The lowest BCUT2D eigenvalue weighted by molar-refractivity contribution is -0.156. The number of unbranched alkanes of at least 4 members (excludes halogenated alkanes) is 4. The standard InChI is InChI=1S/C57H78O10/c1-55(2,3)66-53(58)17-11-9-13-35-64-47-25-19-43(20-26-47)45-23-29-49-50-30-24-46(44-21-27-48(28-22-44)65-36-14-10-12-18-54(59)67-56(4,5)6)42-52(50)57(51(49)41-45,31-15-33-62-39-37-60-7)32-16-34-63-40-38-61-8/h19-30,41-42H,9-18,31-40H2,1-8H3. The number of methoxy groups -OCH3 is 2. The fraction of sp³-hybridized carbons (Fsp3) is 0.544. The fourth-order valence-corrected chi connectivity index (χ4v) is 8.71. The van der Waals surface area contributed by atoms with E-state index in [4.69, 9.17) is 37.9 Å². The Hall–Kier alpha value is -4.74. The van der Waals surface area contributed by atoms with Gasteiger partial charge in [0, 0.05) is 45.7 Å². The largest absolute Gasteiger partial charge is 0.494 e. The fourth-order valence-electron chi connectivity index (χ4n) is 8.71. The monoisotopic (exact) mass is 923 g/mol. The highest BCUT2D eigenvalue weighted by molar-refractivity contribution is 5.86. The molecule has 0 heterocycles. The normalized spacial score (nSPS) is 13.0. The molecule has 1 aliphatic carbocycles. The molecule has 0 saturated heterocycles. The topological polar surface area (TPSA) is 108 Å². The van der Waals surface area contributed by atoms with Crippen LogP contribution in [-0.4, -0.2) is 90.2 Å². The Morgan fingerprint density at radius 1 is 0.433 bits per heavy atom. The average Bonchev–Trinajstić information content (AvgIpc) is 3.55.